The molecule has 0 amide bonds. The largest absolute Gasteiger partial charge is 0.398 e. The minimum absolute atomic E-state index is 0.0261. The lowest BCUT2D eigenvalue weighted by Crippen LogP contribution is -2.32. The molecule has 47 heavy (non-hydrogen) atoms. The summed E-state index contributed by atoms with van der Waals surface area (Å²) in [5.74, 6) is -0.281. The van der Waals surface area contributed by atoms with Crippen molar-refractivity contribution in [1.82, 2.24) is 0 Å². The highest BCUT2D eigenvalue weighted by molar-refractivity contribution is 7.94. The van der Waals surface area contributed by atoms with E-state index in [-0.39, 0.29) is 62.8 Å². The fourth-order valence-electron chi connectivity index (χ4n) is 5.02. The normalized spacial score (nSPS) is 12.5. The number of hydrogen-bond donors (Lipinski definition) is 4. The van der Waals surface area contributed by atoms with Gasteiger partial charge in [0.25, 0.3) is 20.2 Å². The minimum Gasteiger partial charge on any atom is -0.398 e. The Balaban J connectivity index is 1.24. The van der Waals surface area contributed by atoms with E-state index in [4.69, 9.17) is 20.7 Å². The van der Waals surface area contributed by atoms with Crippen molar-refractivity contribution in [2.45, 2.75) is 19.6 Å². The number of hydrogen-bond acceptors (Lipinski definition) is 12. The standard InChI is InChI=1S/C30H29N3O10S4/c31-27-12-6-20-18-23(8-10-25(20)29(27)46(36,37)38)44-43-42-16-14-33(22-4-2-1-3-5-22)15-17-45(34,35)24-9-11-26-21(19-24)7-13-28(32)30(26)47(39,40)41/h1-13,18-19H,14-17,31-32H2,(H,36,37,38)(H,39,40,41). The number of benzene rings is 5. The van der Waals surface area contributed by atoms with Crippen LogP contribution in [0.5, 0.6) is 0 Å². The van der Waals surface area contributed by atoms with Crippen LogP contribution in [0.3, 0.4) is 0 Å². The quantitative estimate of drug-likeness (QED) is 0.0327. The fraction of sp³-hybridized carbons (Fsp3) is 0.133. The second kappa shape index (κ2) is 13.7. The van der Waals surface area contributed by atoms with Crippen molar-refractivity contribution in [2.24, 2.45) is 0 Å². The lowest BCUT2D eigenvalue weighted by atomic mass is 10.1. The second-order valence-electron chi connectivity index (χ2n) is 10.3. The van der Waals surface area contributed by atoms with Gasteiger partial charge in [0.1, 0.15) is 16.4 Å². The first-order valence-electron chi connectivity index (χ1n) is 13.7. The van der Waals surface area contributed by atoms with Gasteiger partial charge in [-0.25, -0.2) is 13.3 Å². The molecule has 0 saturated heterocycles. The molecule has 0 heterocycles. The minimum atomic E-state index is -4.64. The van der Waals surface area contributed by atoms with Crippen molar-refractivity contribution in [3.05, 3.63) is 91.0 Å². The molecular weight excluding hydrogens is 691 g/mol. The molecule has 0 atom stereocenters. The Hall–Kier alpha value is -3.94. The fourth-order valence-corrected chi connectivity index (χ4v) is 8.45. The summed E-state index contributed by atoms with van der Waals surface area (Å²) in [5.41, 5.74) is 12.0. The van der Waals surface area contributed by atoms with Crippen molar-refractivity contribution in [1.29, 1.82) is 0 Å². The molecular formula is C30H29N3O10S4. The zero-order valence-corrected chi connectivity index (χ0v) is 27.6. The van der Waals surface area contributed by atoms with Crippen molar-refractivity contribution < 1.29 is 43.6 Å². The number of rotatable bonds is 13. The summed E-state index contributed by atoms with van der Waals surface area (Å²) in [4.78, 5) is 6.86. The van der Waals surface area contributed by atoms with Gasteiger partial charge in [-0.1, -0.05) is 42.5 Å². The molecule has 0 fully saturated rings. The number of para-hydroxylation sites is 1. The first kappa shape index (κ1) is 34.4. The van der Waals surface area contributed by atoms with E-state index in [9.17, 15) is 34.4 Å². The predicted octanol–water partition coefficient (Wildman–Crippen LogP) is 4.59. The molecule has 0 bridgehead atoms. The molecule has 0 unspecified atom stereocenters. The third kappa shape index (κ3) is 7.96. The number of nitrogen functional groups attached to an aromatic ring is 2. The van der Waals surface area contributed by atoms with Crippen LogP contribution in [0.1, 0.15) is 0 Å². The highest BCUT2D eigenvalue weighted by Gasteiger charge is 2.22. The zero-order chi connectivity index (χ0) is 34.0. The van der Waals surface area contributed by atoms with Crippen LogP contribution < -0.4 is 16.4 Å². The van der Waals surface area contributed by atoms with Gasteiger partial charge in [-0.05, 0) is 59.3 Å². The van der Waals surface area contributed by atoms with Gasteiger partial charge in [0.2, 0.25) is 0 Å². The third-order valence-corrected chi connectivity index (χ3v) is 11.4. The lowest BCUT2D eigenvalue weighted by molar-refractivity contribution is -0.187. The number of fused-ring (bicyclic) bond motifs is 2. The number of sulfone groups is 1. The van der Waals surface area contributed by atoms with Gasteiger partial charge in [-0.15, -0.1) is 0 Å². The molecule has 6 N–H and O–H groups in total. The molecule has 13 nitrogen and oxygen atoms in total. The molecule has 0 aromatic heterocycles. The van der Waals surface area contributed by atoms with E-state index in [2.05, 4.69) is 0 Å². The highest BCUT2D eigenvalue weighted by atomic mass is 32.2. The Morgan fingerprint density at radius 3 is 1.85 bits per heavy atom. The molecule has 5 aromatic carbocycles. The van der Waals surface area contributed by atoms with Crippen LogP contribution in [0.4, 0.5) is 17.1 Å². The van der Waals surface area contributed by atoms with E-state index in [1.165, 1.54) is 42.5 Å². The van der Waals surface area contributed by atoms with Crippen molar-refractivity contribution >= 4 is 80.7 Å². The predicted molar refractivity (Wildman–Crippen MR) is 180 cm³/mol. The Labute approximate surface area is 275 Å². The van der Waals surface area contributed by atoms with Gasteiger partial charge in [0.05, 0.1) is 34.1 Å². The molecule has 5 rings (SSSR count). The number of nitrogens with two attached hydrogens (primary N) is 2. The van der Waals surface area contributed by atoms with Crippen molar-refractivity contribution in [3.8, 4) is 0 Å². The molecule has 0 radical (unpaired) electrons. The van der Waals surface area contributed by atoms with E-state index < -0.39 is 35.0 Å². The summed E-state index contributed by atoms with van der Waals surface area (Å²) < 4.78 is 98.4. The second-order valence-corrected chi connectivity index (χ2v) is 15.9. The summed E-state index contributed by atoms with van der Waals surface area (Å²) in [6, 6.07) is 23.5. The maximum absolute atomic E-state index is 13.3. The molecule has 0 saturated carbocycles. The van der Waals surface area contributed by atoms with E-state index in [1.807, 2.05) is 30.3 Å². The summed E-state index contributed by atoms with van der Waals surface area (Å²) >= 11 is 0.878. The molecule has 248 valence electrons. The van der Waals surface area contributed by atoms with E-state index >= 15 is 0 Å². The zero-order valence-electron chi connectivity index (χ0n) is 24.4. The molecule has 0 aliphatic heterocycles. The van der Waals surface area contributed by atoms with Crippen LogP contribution in [0, 0.1) is 0 Å². The monoisotopic (exact) mass is 719 g/mol. The molecule has 0 spiro atoms. The maximum Gasteiger partial charge on any atom is 0.297 e. The SMILES string of the molecule is Nc1ccc2cc(SOOCCN(CCS(=O)(=O)c3ccc4c(S(=O)(=O)O)c(N)ccc4c3)c3ccccc3)ccc2c1S(=O)(=O)O. The van der Waals surface area contributed by atoms with Crippen LogP contribution in [-0.4, -0.2) is 59.8 Å². The van der Waals surface area contributed by atoms with Gasteiger partial charge in [0, 0.05) is 34.4 Å². The average Bonchev–Trinajstić information content (AvgIpc) is 3.01. The Morgan fingerprint density at radius 1 is 0.681 bits per heavy atom. The summed E-state index contributed by atoms with van der Waals surface area (Å²) in [5, 5.41) is 1.14. The Morgan fingerprint density at radius 2 is 1.26 bits per heavy atom. The van der Waals surface area contributed by atoms with Gasteiger partial charge in [0.15, 0.2) is 9.84 Å². The van der Waals surface area contributed by atoms with Gasteiger partial charge < -0.3 is 16.4 Å². The van der Waals surface area contributed by atoms with Crippen LogP contribution in [-0.2, 0) is 39.3 Å². The average molecular weight is 720 g/mol. The summed E-state index contributed by atoms with van der Waals surface area (Å²) in [7, 11) is -13.0. The molecule has 0 aliphatic rings. The Kier molecular flexibility index (Phi) is 9.99. The van der Waals surface area contributed by atoms with E-state index in [0.717, 1.165) is 17.7 Å². The third-order valence-electron chi connectivity index (χ3n) is 7.19. The van der Waals surface area contributed by atoms with Gasteiger partial charge in [-0.2, -0.15) is 21.2 Å². The summed E-state index contributed by atoms with van der Waals surface area (Å²) in [6.45, 7) is 0.390. The molecule has 0 aliphatic carbocycles. The number of anilines is 3. The Bertz CT molecular complexity index is 2280. The van der Waals surface area contributed by atoms with E-state index in [0.29, 0.717) is 10.3 Å². The van der Waals surface area contributed by atoms with Crippen LogP contribution in [0.15, 0.2) is 111 Å². The smallest absolute Gasteiger partial charge is 0.297 e. The van der Waals surface area contributed by atoms with Crippen molar-refractivity contribution in [2.75, 3.05) is 41.8 Å². The van der Waals surface area contributed by atoms with E-state index in [1.54, 1.807) is 23.1 Å². The van der Waals surface area contributed by atoms with Crippen LogP contribution in [0.25, 0.3) is 21.5 Å². The van der Waals surface area contributed by atoms with Crippen molar-refractivity contribution in [3.63, 3.8) is 0 Å². The molecule has 17 heteroatoms. The van der Waals surface area contributed by atoms with Crippen LogP contribution >= 0.6 is 12.0 Å². The first-order valence-corrected chi connectivity index (χ1v) is 19.0. The lowest BCUT2D eigenvalue weighted by Gasteiger charge is -2.24. The summed E-state index contributed by atoms with van der Waals surface area (Å²) in [6.07, 6.45) is 0. The highest BCUT2D eigenvalue weighted by Crippen LogP contribution is 2.33. The topological polar surface area (TPSA) is 217 Å². The maximum atomic E-state index is 13.3. The van der Waals surface area contributed by atoms with Gasteiger partial charge in [-0.3, -0.25) is 9.11 Å². The first-order chi connectivity index (χ1) is 22.1. The van der Waals surface area contributed by atoms with Crippen LogP contribution in [0.2, 0.25) is 0 Å². The number of nitrogens with zero attached hydrogens (tertiary/aromatic N) is 1. The van der Waals surface area contributed by atoms with Gasteiger partial charge >= 0.3 is 0 Å². The molecule has 5 aromatic rings.